The number of thiophene rings is 1. The largest absolute Gasteiger partial charge is 0.289 e. The lowest BCUT2D eigenvalue weighted by molar-refractivity contribution is 0.0957. The third kappa shape index (κ3) is 2.99. The molecule has 5 heteroatoms. The van der Waals surface area contributed by atoms with Crippen molar-refractivity contribution in [3.8, 4) is 0 Å². The standard InChI is InChI=1S/C11H16N2OS2/c12-13-11(14)10-6-5-9(16-10)7-15-8-3-1-2-4-8/h5-6,8H,1-4,7,12H2,(H,13,14). The number of nitrogen functional groups attached to an aromatic ring is 1. The summed E-state index contributed by atoms with van der Waals surface area (Å²) < 4.78 is 0. The summed E-state index contributed by atoms with van der Waals surface area (Å²) in [4.78, 5) is 13.2. The molecule has 0 radical (unpaired) electrons. The number of thioether (sulfide) groups is 1. The van der Waals surface area contributed by atoms with Crippen LogP contribution in [0.5, 0.6) is 0 Å². The summed E-state index contributed by atoms with van der Waals surface area (Å²) in [5.74, 6) is 5.92. The predicted octanol–water partition coefficient (Wildman–Crippen LogP) is 2.53. The van der Waals surface area contributed by atoms with Gasteiger partial charge in [0.25, 0.3) is 5.91 Å². The lowest BCUT2D eigenvalue weighted by Crippen LogP contribution is -2.29. The molecule has 2 rings (SSSR count). The van der Waals surface area contributed by atoms with Gasteiger partial charge in [-0.15, -0.1) is 11.3 Å². The first kappa shape index (κ1) is 12.0. The van der Waals surface area contributed by atoms with Gasteiger partial charge < -0.3 is 0 Å². The Bertz CT molecular complexity index is 359. The maximum atomic E-state index is 11.3. The molecule has 1 aromatic rings. The molecule has 0 unspecified atom stereocenters. The SMILES string of the molecule is NNC(=O)c1ccc(CSC2CCCC2)s1. The number of carbonyl (C=O) groups excluding carboxylic acids is 1. The van der Waals surface area contributed by atoms with E-state index in [1.807, 2.05) is 23.9 Å². The number of nitrogens with one attached hydrogen (secondary N) is 1. The summed E-state index contributed by atoms with van der Waals surface area (Å²) in [6, 6.07) is 3.87. The van der Waals surface area contributed by atoms with Crippen LogP contribution >= 0.6 is 23.1 Å². The van der Waals surface area contributed by atoms with Crippen LogP contribution in [0.1, 0.15) is 40.2 Å². The van der Waals surface area contributed by atoms with Crippen molar-refractivity contribution in [1.29, 1.82) is 0 Å². The van der Waals surface area contributed by atoms with Crippen molar-refractivity contribution in [3.05, 3.63) is 21.9 Å². The van der Waals surface area contributed by atoms with Gasteiger partial charge in [-0.25, -0.2) is 5.84 Å². The molecule has 0 bridgehead atoms. The second kappa shape index (κ2) is 5.70. The van der Waals surface area contributed by atoms with Gasteiger partial charge in [0.05, 0.1) is 4.88 Å². The average Bonchev–Trinajstić information content (AvgIpc) is 2.96. The highest BCUT2D eigenvalue weighted by atomic mass is 32.2. The van der Waals surface area contributed by atoms with Gasteiger partial charge in [0.15, 0.2) is 0 Å². The molecular weight excluding hydrogens is 240 g/mol. The third-order valence-corrected chi connectivity index (χ3v) is 5.47. The fraction of sp³-hybridized carbons (Fsp3) is 0.545. The zero-order valence-corrected chi connectivity index (χ0v) is 10.7. The summed E-state index contributed by atoms with van der Waals surface area (Å²) in [7, 11) is 0. The normalized spacial score (nSPS) is 16.6. The Morgan fingerprint density at radius 3 is 2.94 bits per heavy atom. The molecule has 1 heterocycles. The number of amides is 1. The number of hydrazine groups is 1. The van der Waals surface area contributed by atoms with Crippen LogP contribution in [0.25, 0.3) is 0 Å². The zero-order chi connectivity index (χ0) is 11.4. The second-order valence-electron chi connectivity index (χ2n) is 3.96. The Hall–Kier alpha value is -0.520. The zero-order valence-electron chi connectivity index (χ0n) is 9.07. The molecular formula is C11H16N2OS2. The molecule has 1 aliphatic rings. The van der Waals surface area contributed by atoms with Crippen LogP contribution in [0.4, 0.5) is 0 Å². The molecule has 0 aromatic carbocycles. The van der Waals surface area contributed by atoms with Crippen molar-refractivity contribution in [2.24, 2.45) is 5.84 Å². The number of hydrogen-bond donors (Lipinski definition) is 2. The van der Waals surface area contributed by atoms with Crippen LogP contribution < -0.4 is 11.3 Å². The van der Waals surface area contributed by atoms with Gasteiger partial charge >= 0.3 is 0 Å². The van der Waals surface area contributed by atoms with Crippen LogP contribution in [0.15, 0.2) is 12.1 Å². The van der Waals surface area contributed by atoms with E-state index in [4.69, 9.17) is 5.84 Å². The van der Waals surface area contributed by atoms with Crippen molar-refractivity contribution in [2.45, 2.75) is 36.7 Å². The smallest absolute Gasteiger partial charge is 0.275 e. The molecule has 0 saturated heterocycles. The summed E-state index contributed by atoms with van der Waals surface area (Å²) in [5, 5.41) is 0.828. The maximum Gasteiger partial charge on any atom is 0.275 e. The number of rotatable bonds is 4. The molecule has 1 amide bonds. The molecule has 3 nitrogen and oxygen atoms in total. The molecule has 1 aliphatic carbocycles. The summed E-state index contributed by atoms with van der Waals surface area (Å²) in [6.07, 6.45) is 5.46. The van der Waals surface area contributed by atoms with Crippen LogP contribution in [-0.2, 0) is 5.75 Å². The van der Waals surface area contributed by atoms with E-state index >= 15 is 0 Å². The number of nitrogens with two attached hydrogens (primary N) is 1. The van der Waals surface area contributed by atoms with E-state index in [0.717, 1.165) is 11.0 Å². The van der Waals surface area contributed by atoms with Crippen molar-refractivity contribution in [3.63, 3.8) is 0 Å². The van der Waals surface area contributed by atoms with Crippen LogP contribution in [0, 0.1) is 0 Å². The highest BCUT2D eigenvalue weighted by Gasteiger charge is 2.16. The van der Waals surface area contributed by atoms with Gasteiger partial charge in [-0.2, -0.15) is 11.8 Å². The monoisotopic (exact) mass is 256 g/mol. The summed E-state index contributed by atoms with van der Waals surface area (Å²) >= 11 is 3.55. The highest BCUT2D eigenvalue weighted by molar-refractivity contribution is 7.99. The minimum atomic E-state index is -0.192. The van der Waals surface area contributed by atoms with Crippen molar-refractivity contribution >= 4 is 29.0 Å². The van der Waals surface area contributed by atoms with Crippen molar-refractivity contribution in [1.82, 2.24) is 5.43 Å². The molecule has 0 spiro atoms. The first-order chi connectivity index (χ1) is 7.79. The van der Waals surface area contributed by atoms with E-state index < -0.39 is 0 Å². The van der Waals surface area contributed by atoms with E-state index in [2.05, 4.69) is 5.43 Å². The Morgan fingerprint density at radius 2 is 2.25 bits per heavy atom. The van der Waals surface area contributed by atoms with Crippen LogP contribution in [-0.4, -0.2) is 11.2 Å². The van der Waals surface area contributed by atoms with Gasteiger partial charge in [0.2, 0.25) is 0 Å². The van der Waals surface area contributed by atoms with Gasteiger partial charge in [-0.1, -0.05) is 12.8 Å². The molecule has 1 saturated carbocycles. The minimum absolute atomic E-state index is 0.192. The minimum Gasteiger partial charge on any atom is -0.289 e. The lowest BCUT2D eigenvalue weighted by Gasteiger charge is -2.06. The Balaban J connectivity index is 1.85. The van der Waals surface area contributed by atoms with Crippen LogP contribution in [0.2, 0.25) is 0 Å². The first-order valence-corrected chi connectivity index (χ1v) is 7.37. The molecule has 3 N–H and O–H groups in total. The average molecular weight is 256 g/mol. The fourth-order valence-corrected chi connectivity index (χ4v) is 4.21. The molecule has 88 valence electrons. The summed E-state index contributed by atoms with van der Waals surface area (Å²) in [5.41, 5.74) is 2.16. The molecule has 0 atom stereocenters. The van der Waals surface area contributed by atoms with E-state index in [-0.39, 0.29) is 5.91 Å². The van der Waals surface area contributed by atoms with E-state index in [1.54, 1.807) is 0 Å². The predicted molar refractivity (Wildman–Crippen MR) is 69.5 cm³/mol. The molecule has 0 aliphatic heterocycles. The first-order valence-electron chi connectivity index (χ1n) is 5.51. The maximum absolute atomic E-state index is 11.3. The van der Waals surface area contributed by atoms with Gasteiger partial charge in [0.1, 0.15) is 0 Å². The second-order valence-corrected chi connectivity index (χ2v) is 6.41. The lowest BCUT2D eigenvalue weighted by atomic mass is 10.4. The van der Waals surface area contributed by atoms with E-state index in [1.165, 1.54) is 41.9 Å². The molecule has 1 fully saturated rings. The number of hydrogen-bond acceptors (Lipinski definition) is 4. The third-order valence-electron chi connectivity index (χ3n) is 2.78. The van der Waals surface area contributed by atoms with Gasteiger partial charge in [-0.05, 0) is 25.0 Å². The van der Waals surface area contributed by atoms with E-state index in [0.29, 0.717) is 4.88 Å². The van der Waals surface area contributed by atoms with Crippen molar-refractivity contribution < 1.29 is 4.79 Å². The Morgan fingerprint density at radius 1 is 1.50 bits per heavy atom. The summed E-state index contributed by atoms with van der Waals surface area (Å²) in [6.45, 7) is 0. The Labute approximate surface area is 104 Å². The quantitative estimate of drug-likeness (QED) is 0.494. The van der Waals surface area contributed by atoms with E-state index in [9.17, 15) is 4.79 Å². The van der Waals surface area contributed by atoms with Gasteiger partial charge in [0, 0.05) is 15.9 Å². The number of carbonyl (C=O) groups is 1. The Kier molecular flexibility index (Phi) is 4.26. The highest BCUT2D eigenvalue weighted by Crippen LogP contribution is 2.33. The topological polar surface area (TPSA) is 55.1 Å². The van der Waals surface area contributed by atoms with Crippen LogP contribution in [0.3, 0.4) is 0 Å². The van der Waals surface area contributed by atoms with Gasteiger partial charge in [-0.3, -0.25) is 10.2 Å². The van der Waals surface area contributed by atoms with Crippen molar-refractivity contribution in [2.75, 3.05) is 0 Å². The molecule has 16 heavy (non-hydrogen) atoms. The fourth-order valence-electron chi connectivity index (χ4n) is 1.90. The molecule has 1 aromatic heterocycles.